The highest BCUT2D eigenvalue weighted by Crippen LogP contribution is 2.33. The number of alkyl halides is 1. The largest absolute Gasteiger partial charge is 0.497 e. The molecule has 0 amide bonds. The van der Waals surface area contributed by atoms with Gasteiger partial charge in [0.1, 0.15) is 5.75 Å². The molecule has 2 aromatic carbocycles. The predicted octanol–water partition coefficient (Wildman–Crippen LogP) is 4.60. The molecule has 2 rings (SSSR count). The van der Waals surface area contributed by atoms with E-state index in [4.69, 9.17) is 16.3 Å². The summed E-state index contributed by atoms with van der Waals surface area (Å²) < 4.78 is 5.22. The summed E-state index contributed by atoms with van der Waals surface area (Å²) >= 11 is 5.70. The third-order valence-electron chi connectivity index (χ3n) is 4.22. The lowest BCUT2D eigenvalue weighted by atomic mass is 9.77. The van der Waals surface area contributed by atoms with Gasteiger partial charge in [-0.25, -0.2) is 0 Å². The van der Waals surface area contributed by atoms with Crippen molar-refractivity contribution in [1.82, 2.24) is 0 Å². The van der Waals surface area contributed by atoms with Crippen molar-refractivity contribution in [3.63, 3.8) is 0 Å². The number of fused-ring (bicyclic) bond motifs is 1. The molecular weight excluding hydrogens is 300 g/mol. The zero-order valence-electron chi connectivity index (χ0n) is 12.9. The van der Waals surface area contributed by atoms with Crippen molar-refractivity contribution in [3.8, 4) is 5.75 Å². The molecule has 0 aliphatic rings. The number of aliphatic carboxylic acids is 1. The van der Waals surface area contributed by atoms with Crippen LogP contribution in [0.2, 0.25) is 0 Å². The van der Waals surface area contributed by atoms with Crippen molar-refractivity contribution in [2.45, 2.75) is 31.6 Å². The van der Waals surface area contributed by atoms with Gasteiger partial charge in [-0.3, -0.25) is 4.79 Å². The zero-order chi connectivity index (χ0) is 16.2. The molecule has 0 spiro atoms. The Labute approximate surface area is 135 Å². The van der Waals surface area contributed by atoms with Crippen LogP contribution in [0.3, 0.4) is 0 Å². The maximum Gasteiger partial charge on any atom is 0.313 e. The van der Waals surface area contributed by atoms with Crippen LogP contribution >= 0.6 is 11.6 Å². The zero-order valence-corrected chi connectivity index (χ0v) is 13.7. The van der Waals surface area contributed by atoms with Crippen LogP contribution in [0.5, 0.6) is 5.75 Å². The first-order valence-corrected chi connectivity index (χ1v) is 7.92. The highest BCUT2D eigenvalue weighted by Gasteiger charge is 2.34. The molecule has 0 aliphatic carbocycles. The van der Waals surface area contributed by atoms with Crippen LogP contribution < -0.4 is 4.74 Å². The molecule has 3 nitrogen and oxygen atoms in total. The molecule has 0 aromatic heterocycles. The second-order valence-electron chi connectivity index (χ2n) is 5.71. The Balaban J connectivity index is 2.39. The van der Waals surface area contributed by atoms with E-state index in [9.17, 15) is 9.90 Å². The van der Waals surface area contributed by atoms with Gasteiger partial charge in [0.15, 0.2) is 0 Å². The maximum absolute atomic E-state index is 11.8. The number of halogens is 1. The van der Waals surface area contributed by atoms with Gasteiger partial charge in [-0.15, -0.1) is 11.6 Å². The fourth-order valence-electron chi connectivity index (χ4n) is 2.64. The average Bonchev–Trinajstić information content (AvgIpc) is 2.53. The number of methoxy groups -OCH3 is 1. The summed E-state index contributed by atoms with van der Waals surface area (Å²) in [5.41, 5.74) is -0.0626. The van der Waals surface area contributed by atoms with Crippen molar-refractivity contribution in [2.24, 2.45) is 0 Å². The molecule has 118 valence electrons. The Morgan fingerprint density at radius 3 is 2.50 bits per heavy atom. The highest BCUT2D eigenvalue weighted by atomic mass is 35.5. The molecule has 0 saturated carbocycles. The van der Waals surface area contributed by atoms with E-state index in [-0.39, 0.29) is 0 Å². The summed E-state index contributed by atoms with van der Waals surface area (Å²) in [5.74, 6) is 0.561. The van der Waals surface area contributed by atoms with E-state index in [0.717, 1.165) is 34.9 Å². The molecule has 2 aromatic rings. The summed E-state index contributed by atoms with van der Waals surface area (Å²) in [6, 6.07) is 11.6. The van der Waals surface area contributed by atoms with E-state index in [1.165, 1.54) is 0 Å². The minimum atomic E-state index is -0.889. The minimum absolute atomic E-state index is 0.563. The molecule has 0 radical (unpaired) electrons. The van der Waals surface area contributed by atoms with Crippen LogP contribution in [-0.2, 0) is 10.2 Å². The smallest absolute Gasteiger partial charge is 0.313 e. The number of hydrogen-bond donors (Lipinski definition) is 1. The molecule has 0 fully saturated rings. The first-order valence-electron chi connectivity index (χ1n) is 7.39. The van der Waals surface area contributed by atoms with Gasteiger partial charge < -0.3 is 9.84 Å². The number of carboxylic acid groups (broad SMARTS) is 1. The second kappa shape index (κ2) is 7.01. The monoisotopic (exact) mass is 320 g/mol. The average molecular weight is 321 g/mol. The van der Waals surface area contributed by atoms with Gasteiger partial charge in [-0.1, -0.05) is 30.7 Å². The number of hydrogen-bond acceptors (Lipinski definition) is 2. The summed E-state index contributed by atoms with van der Waals surface area (Å²) in [6.45, 7) is 1.79. The van der Waals surface area contributed by atoms with Crippen molar-refractivity contribution in [2.75, 3.05) is 13.0 Å². The van der Waals surface area contributed by atoms with E-state index < -0.39 is 11.4 Å². The molecule has 0 bridgehead atoms. The second-order valence-corrected chi connectivity index (χ2v) is 6.09. The van der Waals surface area contributed by atoms with Gasteiger partial charge in [0.2, 0.25) is 0 Å². The van der Waals surface area contributed by atoms with Gasteiger partial charge >= 0.3 is 5.97 Å². The number of rotatable bonds is 7. The van der Waals surface area contributed by atoms with Crippen LogP contribution in [0.4, 0.5) is 0 Å². The molecule has 0 aliphatic heterocycles. The fraction of sp³-hybridized carbons (Fsp3) is 0.389. The van der Waals surface area contributed by atoms with E-state index >= 15 is 0 Å². The molecule has 4 heteroatoms. The Bertz CT molecular complexity index is 668. The lowest BCUT2D eigenvalue weighted by molar-refractivity contribution is -0.143. The predicted molar refractivity (Wildman–Crippen MR) is 90.1 cm³/mol. The Kier molecular flexibility index (Phi) is 5.30. The van der Waals surface area contributed by atoms with Crippen LogP contribution in [0.25, 0.3) is 10.8 Å². The molecule has 0 saturated heterocycles. The lowest BCUT2D eigenvalue weighted by Gasteiger charge is -2.25. The summed E-state index contributed by atoms with van der Waals surface area (Å²) in [6.07, 6.45) is 2.21. The van der Waals surface area contributed by atoms with Crippen LogP contribution in [0.15, 0.2) is 36.4 Å². The first-order chi connectivity index (χ1) is 10.5. The molecular formula is C18H21ClO3. The van der Waals surface area contributed by atoms with Crippen molar-refractivity contribution in [3.05, 3.63) is 42.0 Å². The molecule has 1 N–H and O–H groups in total. The topological polar surface area (TPSA) is 46.5 Å². The summed E-state index contributed by atoms with van der Waals surface area (Å²) in [4.78, 5) is 11.8. The molecule has 1 unspecified atom stereocenters. The maximum atomic E-state index is 11.8. The van der Waals surface area contributed by atoms with E-state index in [1.807, 2.05) is 36.4 Å². The van der Waals surface area contributed by atoms with E-state index in [0.29, 0.717) is 12.3 Å². The number of carboxylic acids is 1. The number of unbranched alkanes of at least 4 members (excludes halogenated alkanes) is 1. The Morgan fingerprint density at radius 2 is 1.86 bits per heavy atom. The van der Waals surface area contributed by atoms with Gasteiger partial charge in [-0.05, 0) is 48.2 Å². The summed E-state index contributed by atoms with van der Waals surface area (Å²) in [5, 5.41) is 11.7. The molecule has 1 atom stereocenters. The number of carbonyl (C=O) groups is 1. The minimum Gasteiger partial charge on any atom is -0.497 e. The van der Waals surface area contributed by atoms with Crippen molar-refractivity contribution >= 4 is 28.3 Å². The fourth-order valence-corrected chi connectivity index (χ4v) is 2.83. The van der Waals surface area contributed by atoms with Crippen molar-refractivity contribution < 1.29 is 14.6 Å². The quantitative estimate of drug-likeness (QED) is 0.599. The standard InChI is InChI=1S/C18H21ClO3/c1-18(17(20)21,9-3-4-10-19)15-7-5-14-12-16(22-2)8-6-13(14)11-15/h5-8,11-12H,3-4,9-10H2,1-2H3,(H,20,21). The Morgan fingerprint density at radius 1 is 1.18 bits per heavy atom. The molecule has 0 heterocycles. The van der Waals surface area contributed by atoms with Gasteiger partial charge in [-0.2, -0.15) is 0 Å². The third kappa shape index (κ3) is 3.36. The number of ether oxygens (including phenoxy) is 1. The Hall–Kier alpha value is -1.74. The van der Waals surface area contributed by atoms with Gasteiger partial charge in [0.25, 0.3) is 0 Å². The summed E-state index contributed by atoms with van der Waals surface area (Å²) in [7, 11) is 1.63. The highest BCUT2D eigenvalue weighted by molar-refractivity contribution is 6.17. The first kappa shape index (κ1) is 16.6. The van der Waals surface area contributed by atoms with Crippen molar-refractivity contribution in [1.29, 1.82) is 0 Å². The van der Waals surface area contributed by atoms with Gasteiger partial charge in [0, 0.05) is 5.88 Å². The third-order valence-corrected chi connectivity index (χ3v) is 4.48. The normalized spacial score (nSPS) is 13.8. The van der Waals surface area contributed by atoms with Gasteiger partial charge in [0.05, 0.1) is 12.5 Å². The SMILES string of the molecule is COc1ccc2cc(C(C)(CCCCCl)C(=O)O)ccc2c1. The van der Waals surface area contributed by atoms with Crippen LogP contribution in [0.1, 0.15) is 31.7 Å². The number of benzene rings is 2. The van der Waals surface area contributed by atoms with E-state index in [1.54, 1.807) is 14.0 Å². The van der Waals surface area contributed by atoms with E-state index in [2.05, 4.69) is 0 Å². The van der Waals surface area contributed by atoms with Crippen LogP contribution in [0, 0.1) is 0 Å². The lowest BCUT2D eigenvalue weighted by Crippen LogP contribution is -2.32. The van der Waals surface area contributed by atoms with Crippen LogP contribution in [-0.4, -0.2) is 24.1 Å². The molecule has 22 heavy (non-hydrogen) atoms.